The van der Waals surface area contributed by atoms with Crippen LogP contribution in [0.3, 0.4) is 0 Å². The summed E-state index contributed by atoms with van der Waals surface area (Å²) in [6.45, 7) is 5.65. The van der Waals surface area contributed by atoms with Gasteiger partial charge in [-0.25, -0.2) is 0 Å². The zero-order valence-electron chi connectivity index (χ0n) is 12.2. The zero-order chi connectivity index (χ0) is 15.8. The van der Waals surface area contributed by atoms with E-state index in [2.05, 4.69) is 10.6 Å². The predicted molar refractivity (Wildman–Crippen MR) is 84.7 cm³/mol. The molecule has 6 heteroatoms. The highest BCUT2D eigenvalue weighted by atomic mass is 35.5. The molecule has 0 aliphatic heterocycles. The van der Waals surface area contributed by atoms with Crippen molar-refractivity contribution in [3.05, 3.63) is 28.2 Å². The number of halogens is 2. The van der Waals surface area contributed by atoms with Crippen LogP contribution in [0.4, 0.5) is 5.69 Å². The van der Waals surface area contributed by atoms with E-state index in [-0.39, 0.29) is 17.4 Å². The van der Waals surface area contributed by atoms with Crippen molar-refractivity contribution in [1.82, 2.24) is 5.32 Å². The van der Waals surface area contributed by atoms with Gasteiger partial charge >= 0.3 is 0 Å². The van der Waals surface area contributed by atoms with Crippen molar-refractivity contribution in [2.24, 2.45) is 5.41 Å². The Morgan fingerprint density at radius 3 is 2.00 bits per heavy atom. The molecule has 1 aromatic rings. The van der Waals surface area contributed by atoms with Crippen LogP contribution in [-0.2, 0) is 9.59 Å². The van der Waals surface area contributed by atoms with Crippen LogP contribution in [0.15, 0.2) is 18.2 Å². The lowest BCUT2D eigenvalue weighted by Crippen LogP contribution is -2.48. The minimum Gasteiger partial charge on any atom is -0.351 e. The highest BCUT2D eigenvalue weighted by Gasteiger charge is 2.57. The summed E-state index contributed by atoms with van der Waals surface area (Å²) in [6.07, 6.45) is 1.10. The summed E-state index contributed by atoms with van der Waals surface area (Å²) in [5.74, 6) is -0.553. The molecule has 1 aromatic carbocycles. The van der Waals surface area contributed by atoms with E-state index in [1.807, 2.05) is 20.8 Å². The molecule has 1 aliphatic rings. The average Bonchev–Trinajstić information content (AvgIpc) is 3.05. The Kier molecular flexibility index (Phi) is 4.22. The Labute approximate surface area is 134 Å². The third-order valence-electron chi connectivity index (χ3n) is 3.23. The highest BCUT2D eigenvalue weighted by Crippen LogP contribution is 2.47. The lowest BCUT2D eigenvalue weighted by molar-refractivity contribution is -0.135. The van der Waals surface area contributed by atoms with E-state index in [9.17, 15) is 9.59 Å². The number of amides is 2. The molecule has 2 rings (SSSR count). The van der Waals surface area contributed by atoms with Crippen molar-refractivity contribution in [1.29, 1.82) is 0 Å². The molecule has 114 valence electrons. The van der Waals surface area contributed by atoms with Crippen LogP contribution in [0.25, 0.3) is 0 Å². The van der Waals surface area contributed by atoms with Crippen molar-refractivity contribution in [2.45, 2.75) is 39.2 Å². The second-order valence-corrected chi connectivity index (χ2v) is 7.27. The van der Waals surface area contributed by atoms with Crippen LogP contribution in [-0.4, -0.2) is 17.4 Å². The second-order valence-electron chi connectivity index (χ2n) is 6.40. The molecule has 0 aromatic heterocycles. The van der Waals surface area contributed by atoms with E-state index < -0.39 is 5.41 Å². The van der Waals surface area contributed by atoms with Gasteiger partial charge in [0.05, 0.1) is 0 Å². The van der Waals surface area contributed by atoms with Gasteiger partial charge in [-0.15, -0.1) is 0 Å². The smallest absolute Gasteiger partial charge is 0.240 e. The summed E-state index contributed by atoms with van der Waals surface area (Å²) >= 11 is 11.8. The number of benzene rings is 1. The van der Waals surface area contributed by atoms with Crippen molar-refractivity contribution in [2.75, 3.05) is 5.32 Å². The monoisotopic (exact) mass is 328 g/mol. The van der Waals surface area contributed by atoms with Gasteiger partial charge in [0.1, 0.15) is 5.41 Å². The number of nitrogens with one attached hydrogen (secondary N) is 2. The molecule has 1 fully saturated rings. The second kappa shape index (κ2) is 5.50. The third-order valence-corrected chi connectivity index (χ3v) is 3.66. The predicted octanol–water partition coefficient (Wildman–Crippen LogP) is 3.63. The number of carbonyl (C=O) groups is 2. The van der Waals surface area contributed by atoms with Crippen LogP contribution < -0.4 is 10.6 Å². The fourth-order valence-corrected chi connectivity index (χ4v) is 2.55. The lowest BCUT2D eigenvalue weighted by atomic mass is 10.0. The third kappa shape index (κ3) is 3.89. The molecule has 21 heavy (non-hydrogen) atoms. The van der Waals surface area contributed by atoms with Gasteiger partial charge in [0.25, 0.3) is 0 Å². The first kappa shape index (κ1) is 16.1. The molecule has 0 unspecified atom stereocenters. The topological polar surface area (TPSA) is 58.2 Å². The zero-order valence-corrected chi connectivity index (χ0v) is 13.7. The minimum absolute atomic E-state index is 0.236. The molecular formula is C15H18Cl2N2O2. The highest BCUT2D eigenvalue weighted by molar-refractivity contribution is 6.35. The van der Waals surface area contributed by atoms with Crippen molar-refractivity contribution in [3.63, 3.8) is 0 Å². The fraction of sp³-hybridized carbons (Fsp3) is 0.467. The maximum absolute atomic E-state index is 12.4. The molecule has 2 amide bonds. The van der Waals surface area contributed by atoms with Crippen LogP contribution in [0, 0.1) is 5.41 Å². The summed E-state index contributed by atoms with van der Waals surface area (Å²) in [5, 5.41) is 6.45. The number of anilines is 1. The quantitative estimate of drug-likeness (QED) is 0.832. The van der Waals surface area contributed by atoms with E-state index in [4.69, 9.17) is 23.2 Å². The summed E-state index contributed by atoms with van der Waals surface area (Å²) in [7, 11) is 0. The van der Waals surface area contributed by atoms with E-state index in [1.54, 1.807) is 18.2 Å². The van der Waals surface area contributed by atoms with Crippen molar-refractivity contribution in [3.8, 4) is 0 Å². The number of carbonyl (C=O) groups excluding carboxylic acids is 2. The molecule has 0 spiro atoms. The number of rotatable bonds is 3. The molecular weight excluding hydrogens is 311 g/mol. The largest absolute Gasteiger partial charge is 0.351 e. The van der Waals surface area contributed by atoms with Gasteiger partial charge in [-0.2, -0.15) is 0 Å². The molecule has 2 N–H and O–H groups in total. The van der Waals surface area contributed by atoms with E-state index in [0.717, 1.165) is 0 Å². The van der Waals surface area contributed by atoms with Crippen LogP contribution >= 0.6 is 23.2 Å². The molecule has 4 nitrogen and oxygen atoms in total. The van der Waals surface area contributed by atoms with Gasteiger partial charge in [-0.1, -0.05) is 23.2 Å². The molecule has 0 heterocycles. The van der Waals surface area contributed by atoms with Crippen LogP contribution in [0.2, 0.25) is 10.0 Å². The fourth-order valence-electron chi connectivity index (χ4n) is 2.02. The van der Waals surface area contributed by atoms with Gasteiger partial charge in [-0.3, -0.25) is 9.59 Å². The normalized spacial score (nSPS) is 16.2. The number of hydrogen-bond acceptors (Lipinski definition) is 2. The maximum atomic E-state index is 12.4. The molecule has 0 saturated heterocycles. The first-order valence-corrected chi connectivity index (χ1v) is 7.48. The Balaban J connectivity index is 2.11. The Morgan fingerprint density at radius 2 is 1.57 bits per heavy atom. The first-order chi connectivity index (χ1) is 9.62. The minimum atomic E-state index is -0.970. The molecule has 0 atom stereocenters. The van der Waals surface area contributed by atoms with Crippen LogP contribution in [0.1, 0.15) is 33.6 Å². The molecule has 0 bridgehead atoms. The molecule has 0 radical (unpaired) electrons. The van der Waals surface area contributed by atoms with E-state index in [0.29, 0.717) is 28.6 Å². The molecule has 1 aliphatic carbocycles. The van der Waals surface area contributed by atoms with E-state index >= 15 is 0 Å². The van der Waals surface area contributed by atoms with Gasteiger partial charge in [0.2, 0.25) is 11.8 Å². The summed E-state index contributed by atoms with van der Waals surface area (Å²) < 4.78 is 0. The maximum Gasteiger partial charge on any atom is 0.240 e. The van der Waals surface area contributed by atoms with Crippen molar-refractivity contribution < 1.29 is 9.59 Å². The van der Waals surface area contributed by atoms with E-state index in [1.165, 1.54) is 0 Å². The Morgan fingerprint density at radius 1 is 1.05 bits per heavy atom. The summed E-state index contributed by atoms with van der Waals surface area (Å²) in [6, 6.07) is 4.78. The Bertz CT molecular complexity index is 570. The molecule has 1 saturated carbocycles. The SMILES string of the molecule is CC(C)(C)NC(=O)C1(C(=O)Nc2cc(Cl)cc(Cl)c2)CC1. The lowest BCUT2D eigenvalue weighted by Gasteiger charge is -2.24. The summed E-state index contributed by atoms with van der Waals surface area (Å²) in [4.78, 5) is 24.7. The van der Waals surface area contributed by atoms with Gasteiger partial charge < -0.3 is 10.6 Å². The van der Waals surface area contributed by atoms with Crippen LogP contribution in [0.5, 0.6) is 0 Å². The average molecular weight is 329 g/mol. The van der Waals surface area contributed by atoms with Gasteiger partial charge in [0, 0.05) is 21.3 Å². The number of hydrogen-bond donors (Lipinski definition) is 2. The summed E-state index contributed by atoms with van der Waals surface area (Å²) in [5.41, 5.74) is -0.846. The standard InChI is InChI=1S/C15H18Cl2N2O2/c1-14(2,3)19-13(21)15(4-5-15)12(20)18-11-7-9(16)6-10(17)8-11/h6-8H,4-5H2,1-3H3,(H,18,20)(H,19,21). The van der Waals surface area contributed by atoms with Gasteiger partial charge in [0.15, 0.2) is 0 Å². The first-order valence-electron chi connectivity index (χ1n) is 6.73. The Hall–Kier alpha value is -1.26. The van der Waals surface area contributed by atoms with Gasteiger partial charge in [-0.05, 0) is 51.8 Å². The van der Waals surface area contributed by atoms with Crippen molar-refractivity contribution >= 4 is 40.7 Å².